The number of benzene rings is 3. The van der Waals surface area contributed by atoms with Crippen LogP contribution in [0.15, 0.2) is 88.8 Å². The predicted octanol–water partition coefficient (Wildman–Crippen LogP) is 5.94. The number of nitrogens with one attached hydrogen (secondary N) is 1. The smallest absolute Gasteiger partial charge is 0.230 e. The largest absolute Gasteiger partial charge is 0.351 e. The van der Waals surface area contributed by atoms with Crippen LogP contribution < -0.4 is 5.32 Å². The van der Waals surface area contributed by atoms with Crippen molar-refractivity contribution < 1.29 is 4.79 Å². The van der Waals surface area contributed by atoms with Crippen LogP contribution in [0.2, 0.25) is 5.02 Å². The Morgan fingerprint density at radius 3 is 2.33 bits per heavy atom. The Labute approximate surface area is 185 Å². The molecule has 30 heavy (non-hydrogen) atoms. The van der Waals surface area contributed by atoms with Crippen molar-refractivity contribution in [3.8, 4) is 0 Å². The molecule has 1 N–H and O–H groups in total. The third kappa shape index (κ3) is 5.17. The van der Waals surface area contributed by atoms with Gasteiger partial charge in [-0.05, 0) is 29.3 Å². The molecule has 1 aliphatic rings. The first-order valence-corrected chi connectivity index (χ1v) is 11.0. The summed E-state index contributed by atoms with van der Waals surface area (Å²) in [7, 11) is 0. The molecule has 0 saturated carbocycles. The lowest BCUT2D eigenvalue weighted by atomic mass is 10.1. The fourth-order valence-corrected chi connectivity index (χ4v) is 4.08. The molecule has 0 unspecified atom stereocenters. The van der Waals surface area contributed by atoms with Gasteiger partial charge in [-0.15, -0.1) is 11.8 Å². The van der Waals surface area contributed by atoms with Crippen LogP contribution in [-0.2, 0) is 11.3 Å². The average molecular weight is 434 g/mol. The zero-order chi connectivity index (χ0) is 20.8. The third-order valence-corrected chi connectivity index (χ3v) is 5.96. The van der Waals surface area contributed by atoms with Gasteiger partial charge < -0.3 is 5.32 Å². The van der Waals surface area contributed by atoms with Crippen molar-refractivity contribution >= 4 is 51.4 Å². The molecule has 1 aliphatic heterocycles. The van der Waals surface area contributed by atoms with Gasteiger partial charge in [0.05, 0.1) is 27.9 Å². The van der Waals surface area contributed by atoms with Gasteiger partial charge in [0.15, 0.2) is 0 Å². The molecule has 0 fully saturated rings. The normalized spacial score (nSPS) is 13.0. The molecule has 6 heteroatoms. The highest BCUT2D eigenvalue weighted by atomic mass is 35.5. The molecule has 4 rings (SSSR count). The third-order valence-electron chi connectivity index (χ3n) is 4.61. The summed E-state index contributed by atoms with van der Waals surface area (Å²) in [5.41, 5.74) is 4.57. The van der Waals surface area contributed by atoms with Gasteiger partial charge in [-0.2, -0.15) is 0 Å². The van der Waals surface area contributed by atoms with Gasteiger partial charge in [0.25, 0.3) is 0 Å². The molecule has 0 radical (unpaired) electrons. The second kappa shape index (κ2) is 9.74. The molecule has 3 aromatic carbocycles. The van der Waals surface area contributed by atoms with Crippen LogP contribution in [0.4, 0.5) is 11.4 Å². The Hall–Kier alpha value is -2.89. The Morgan fingerprint density at radius 2 is 1.57 bits per heavy atom. The van der Waals surface area contributed by atoms with Crippen molar-refractivity contribution in [2.45, 2.75) is 13.0 Å². The van der Waals surface area contributed by atoms with Crippen LogP contribution in [0.5, 0.6) is 0 Å². The highest BCUT2D eigenvalue weighted by molar-refractivity contribution is 8.14. The number of amides is 1. The highest BCUT2D eigenvalue weighted by Crippen LogP contribution is 2.33. The molecule has 1 heterocycles. The Bertz CT molecular complexity index is 1110. The number of hydrogen-bond donors (Lipinski definition) is 1. The number of hydrogen-bond acceptors (Lipinski definition) is 4. The maximum absolute atomic E-state index is 12.4. The first kappa shape index (κ1) is 20.4. The maximum atomic E-state index is 12.4. The van der Waals surface area contributed by atoms with Crippen LogP contribution in [0.3, 0.4) is 0 Å². The lowest BCUT2D eigenvalue weighted by Gasteiger charge is -2.09. The second-order valence-corrected chi connectivity index (χ2v) is 8.21. The topological polar surface area (TPSA) is 53.8 Å². The van der Waals surface area contributed by atoms with Gasteiger partial charge >= 0.3 is 0 Å². The van der Waals surface area contributed by atoms with E-state index < -0.39 is 0 Å². The number of para-hydroxylation sites is 2. The number of carbonyl (C=O) groups is 1. The van der Waals surface area contributed by atoms with Crippen LogP contribution >= 0.6 is 23.4 Å². The molecular weight excluding hydrogens is 414 g/mol. The fraction of sp³-hybridized carbons (Fsp3) is 0.125. The number of nitrogens with zero attached hydrogens (tertiary/aromatic N) is 2. The summed E-state index contributed by atoms with van der Waals surface area (Å²) in [6, 6.07) is 25.4. The van der Waals surface area contributed by atoms with E-state index in [0.717, 1.165) is 33.3 Å². The molecule has 150 valence electrons. The number of rotatable bonds is 5. The van der Waals surface area contributed by atoms with Crippen LogP contribution in [-0.4, -0.2) is 22.4 Å². The van der Waals surface area contributed by atoms with E-state index >= 15 is 0 Å². The monoisotopic (exact) mass is 433 g/mol. The van der Waals surface area contributed by atoms with Gasteiger partial charge in [-0.25, -0.2) is 4.99 Å². The summed E-state index contributed by atoms with van der Waals surface area (Å²) in [6.07, 6.45) is 0.584. The molecule has 4 nitrogen and oxygen atoms in total. The van der Waals surface area contributed by atoms with E-state index in [0.29, 0.717) is 18.0 Å². The average Bonchev–Trinajstić information content (AvgIpc) is 2.97. The highest BCUT2D eigenvalue weighted by Gasteiger charge is 2.16. The van der Waals surface area contributed by atoms with Crippen molar-refractivity contribution in [1.29, 1.82) is 0 Å². The van der Waals surface area contributed by atoms with Gasteiger partial charge in [-0.1, -0.05) is 72.3 Å². The molecule has 0 aromatic heterocycles. The standard InChI is InChI=1S/C24H20ClN3OS/c25-19-11-5-4-10-18(19)15-26-23(29)16-30-24-14-22(17-8-2-1-3-9-17)27-20-12-6-7-13-21(20)28-24/h1-13H,14-16H2,(H,26,29). The van der Waals surface area contributed by atoms with E-state index in [1.165, 1.54) is 11.8 Å². The van der Waals surface area contributed by atoms with Crippen molar-refractivity contribution in [1.82, 2.24) is 5.32 Å². The SMILES string of the molecule is O=C(CSC1=Nc2ccccc2N=C(c2ccccc2)C1)NCc1ccccc1Cl. The Morgan fingerprint density at radius 1 is 0.900 bits per heavy atom. The minimum atomic E-state index is -0.0571. The van der Waals surface area contributed by atoms with Crippen LogP contribution in [0.1, 0.15) is 17.5 Å². The van der Waals surface area contributed by atoms with Crippen molar-refractivity contribution in [2.75, 3.05) is 5.75 Å². The zero-order valence-electron chi connectivity index (χ0n) is 16.2. The van der Waals surface area contributed by atoms with Gasteiger partial charge in [-0.3, -0.25) is 9.79 Å². The van der Waals surface area contributed by atoms with E-state index in [1.807, 2.05) is 78.9 Å². The Kier molecular flexibility index (Phi) is 6.62. The number of halogens is 1. The lowest BCUT2D eigenvalue weighted by molar-refractivity contribution is -0.118. The van der Waals surface area contributed by atoms with Crippen molar-refractivity contribution in [3.05, 3.63) is 95.0 Å². The predicted molar refractivity (Wildman–Crippen MR) is 127 cm³/mol. The molecule has 0 aliphatic carbocycles. The Balaban J connectivity index is 1.46. The van der Waals surface area contributed by atoms with Gasteiger partial charge in [0, 0.05) is 18.0 Å². The summed E-state index contributed by atoms with van der Waals surface area (Å²) >= 11 is 7.60. The van der Waals surface area contributed by atoms with Crippen molar-refractivity contribution in [3.63, 3.8) is 0 Å². The van der Waals surface area contributed by atoms with Crippen molar-refractivity contribution in [2.24, 2.45) is 9.98 Å². The van der Waals surface area contributed by atoms with E-state index in [-0.39, 0.29) is 11.7 Å². The van der Waals surface area contributed by atoms with Crippen LogP contribution in [0, 0.1) is 0 Å². The van der Waals surface area contributed by atoms with E-state index in [1.54, 1.807) is 0 Å². The first-order chi connectivity index (χ1) is 14.7. The molecule has 0 atom stereocenters. The van der Waals surface area contributed by atoms with Crippen LogP contribution in [0.25, 0.3) is 0 Å². The summed E-state index contributed by atoms with van der Waals surface area (Å²) < 4.78 is 0. The minimum absolute atomic E-state index is 0.0571. The maximum Gasteiger partial charge on any atom is 0.230 e. The quantitative estimate of drug-likeness (QED) is 0.541. The lowest BCUT2D eigenvalue weighted by Crippen LogP contribution is -2.25. The molecule has 0 spiro atoms. The molecular formula is C24H20ClN3OS. The summed E-state index contributed by atoms with van der Waals surface area (Å²) in [6.45, 7) is 0.408. The molecule has 0 saturated heterocycles. The molecule has 3 aromatic rings. The first-order valence-electron chi connectivity index (χ1n) is 9.61. The number of carbonyl (C=O) groups excluding carboxylic acids is 1. The van der Waals surface area contributed by atoms with Gasteiger partial charge in [0.1, 0.15) is 0 Å². The summed E-state index contributed by atoms with van der Waals surface area (Å²) in [5.74, 6) is 0.228. The second-order valence-electron chi connectivity index (χ2n) is 6.75. The number of aliphatic imine (C=N–C) groups is 2. The van der Waals surface area contributed by atoms with E-state index in [9.17, 15) is 4.79 Å². The summed E-state index contributed by atoms with van der Waals surface area (Å²) in [4.78, 5) is 22.0. The van der Waals surface area contributed by atoms with Gasteiger partial charge in [0.2, 0.25) is 5.91 Å². The molecule has 1 amide bonds. The number of fused-ring (bicyclic) bond motifs is 1. The van der Waals surface area contributed by atoms with E-state index in [2.05, 4.69) is 5.32 Å². The summed E-state index contributed by atoms with van der Waals surface area (Å²) in [5, 5.41) is 4.45. The zero-order valence-corrected chi connectivity index (χ0v) is 17.8. The van der Waals surface area contributed by atoms with E-state index in [4.69, 9.17) is 21.6 Å². The fourth-order valence-electron chi connectivity index (χ4n) is 3.07. The molecule has 0 bridgehead atoms. The number of thioether (sulfide) groups is 1. The minimum Gasteiger partial charge on any atom is -0.351 e.